The maximum Gasteiger partial charge on any atom is 0.134 e. The summed E-state index contributed by atoms with van der Waals surface area (Å²) in [7, 11) is 0. The third-order valence-electron chi connectivity index (χ3n) is 2.06. The van der Waals surface area contributed by atoms with Crippen molar-refractivity contribution < 1.29 is 4.42 Å². The molecule has 0 spiro atoms. The second kappa shape index (κ2) is 3.20. The van der Waals surface area contributed by atoms with Crippen molar-refractivity contribution in [3.63, 3.8) is 0 Å². The van der Waals surface area contributed by atoms with Gasteiger partial charge in [0.05, 0.1) is 6.04 Å². The molecule has 0 saturated heterocycles. The quantitative estimate of drug-likeness (QED) is 0.726. The molecule has 0 aliphatic carbocycles. The van der Waals surface area contributed by atoms with Crippen LogP contribution in [0.15, 0.2) is 34.7 Å². The summed E-state index contributed by atoms with van der Waals surface area (Å²) in [6.07, 6.45) is 0. The van der Waals surface area contributed by atoms with Gasteiger partial charge < -0.3 is 15.9 Å². The van der Waals surface area contributed by atoms with Crippen molar-refractivity contribution in [2.24, 2.45) is 11.5 Å². The zero-order valence-corrected chi connectivity index (χ0v) is 7.23. The normalized spacial score (nSPS) is 13.4. The molecule has 0 amide bonds. The third-order valence-corrected chi connectivity index (χ3v) is 2.06. The molecule has 1 heterocycles. The first-order valence-electron chi connectivity index (χ1n) is 4.25. The van der Waals surface area contributed by atoms with Crippen LogP contribution in [0.1, 0.15) is 11.8 Å². The molecule has 3 nitrogen and oxygen atoms in total. The van der Waals surface area contributed by atoms with E-state index >= 15 is 0 Å². The smallest absolute Gasteiger partial charge is 0.134 e. The first-order valence-corrected chi connectivity index (χ1v) is 4.25. The van der Waals surface area contributed by atoms with Crippen LogP contribution in [0.2, 0.25) is 0 Å². The predicted molar refractivity (Wildman–Crippen MR) is 52.2 cm³/mol. The van der Waals surface area contributed by atoms with Crippen molar-refractivity contribution in [3.8, 4) is 0 Å². The number of hydrogen-bond acceptors (Lipinski definition) is 3. The summed E-state index contributed by atoms with van der Waals surface area (Å²) >= 11 is 0. The predicted octanol–water partition coefficient (Wildman–Crippen LogP) is 1.39. The van der Waals surface area contributed by atoms with Crippen molar-refractivity contribution in [2.45, 2.75) is 6.04 Å². The van der Waals surface area contributed by atoms with Gasteiger partial charge >= 0.3 is 0 Å². The number of fused-ring (bicyclic) bond motifs is 1. The van der Waals surface area contributed by atoms with Gasteiger partial charge in [-0.15, -0.1) is 0 Å². The lowest BCUT2D eigenvalue weighted by Crippen LogP contribution is -2.19. The highest BCUT2D eigenvalue weighted by Gasteiger charge is 2.09. The van der Waals surface area contributed by atoms with E-state index in [1.807, 2.05) is 30.3 Å². The van der Waals surface area contributed by atoms with Crippen molar-refractivity contribution in [3.05, 3.63) is 36.1 Å². The van der Waals surface area contributed by atoms with Crippen molar-refractivity contribution in [1.29, 1.82) is 0 Å². The van der Waals surface area contributed by atoms with E-state index in [0.29, 0.717) is 6.54 Å². The van der Waals surface area contributed by atoms with Gasteiger partial charge in [-0.05, 0) is 12.1 Å². The molecule has 68 valence electrons. The van der Waals surface area contributed by atoms with Crippen LogP contribution < -0.4 is 11.5 Å². The Bertz CT molecular complexity index is 375. The molecule has 0 unspecified atom stereocenters. The summed E-state index contributed by atoms with van der Waals surface area (Å²) in [4.78, 5) is 0. The number of furan rings is 1. The van der Waals surface area contributed by atoms with Gasteiger partial charge in [0.25, 0.3) is 0 Å². The Morgan fingerprint density at radius 2 is 2.08 bits per heavy atom. The summed E-state index contributed by atoms with van der Waals surface area (Å²) in [6, 6.07) is 9.55. The number of nitrogens with two attached hydrogens (primary N) is 2. The Kier molecular flexibility index (Phi) is 2.04. The molecule has 0 aliphatic heterocycles. The Labute approximate surface area is 76.3 Å². The molecular formula is C10H12N2O. The van der Waals surface area contributed by atoms with E-state index < -0.39 is 0 Å². The molecule has 4 N–H and O–H groups in total. The molecule has 0 bridgehead atoms. The van der Waals surface area contributed by atoms with Crippen LogP contribution in [0.4, 0.5) is 0 Å². The molecule has 1 aromatic heterocycles. The van der Waals surface area contributed by atoms with E-state index in [1.54, 1.807) is 0 Å². The molecule has 13 heavy (non-hydrogen) atoms. The summed E-state index contributed by atoms with van der Waals surface area (Å²) in [5.41, 5.74) is 12.0. The highest BCUT2D eigenvalue weighted by Crippen LogP contribution is 2.21. The van der Waals surface area contributed by atoms with Gasteiger partial charge in [-0.1, -0.05) is 18.2 Å². The molecular weight excluding hydrogens is 164 g/mol. The molecule has 2 aromatic rings. The van der Waals surface area contributed by atoms with Crippen LogP contribution in [0.25, 0.3) is 11.0 Å². The second-order valence-corrected chi connectivity index (χ2v) is 3.03. The highest BCUT2D eigenvalue weighted by molar-refractivity contribution is 5.77. The van der Waals surface area contributed by atoms with Crippen LogP contribution in [-0.2, 0) is 0 Å². The van der Waals surface area contributed by atoms with E-state index in [1.165, 1.54) is 0 Å². The SMILES string of the molecule is NC[C@H](N)c1cc2ccccc2o1. The van der Waals surface area contributed by atoms with Gasteiger partial charge in [0.2, 0.25) is 0 Å². The van der Waals surface area contributed by atoms with Crippen LogP contribution >= 0.6 is 0 Å². The molecule has 3 heteroatoms. The number of rotatable bonds is 2. The Balaban J connectivity index is 2.49. The number of benzene rings is 1. The van der Waals surface area contributed by atoms with Crippen LogP contribution in [0.3, 0.4) is 0 Å². The van der Waals surface area contributed by atoms with E-state index in [0.717, 1.165) is 16.7 Å². The van der Waals surface area contributed by atoms with Gasteiger partial charge in [0.1, 0.15) is 11.3 Å². The van der Waals surface area contributed by atoms with Crippen molar-refractivity contribution in [1.82, 2.24) is 0 Å². The van der Waals surface area contributed by atoms with Gasteiger partial charge in [0.15, 0.2) is 0 Å². The van der Waals surface area contributed by atoms with Crippen molar-refractivity contribution in [2.75, 3.05) is 6.54 Å². The largest absolute Gasteiger partial charge is 0.459 e. The lowest BCUT2D eigenvalue weighted by Gasteiger charge is -2.02. The van der Waals surface area contributed by atoms with Crippen LogP contribution in [0.5, 0.6) is 0 Å². The van der Waals surface area contributed by atoms with Gasteiger partial charge in [-0.3, -0.25) is 0 Å². The maximum atomic E-state index is 5.74. The van der Waals surface area contributed by atoms with Crippen LogP contribution in [-0.4, -0.2) is 6.54 Å². The fourth-order valence-electron chi connectivity index (χ4n) is 1.30. The monoisotopic (exact) mass is 176 g/mol. The van der Waals surface area contributed by atoms with Crippen LogP contribution in [0, 0.1) is 0 Å². The van der Waals surface area contributed by atoms with Crippen molar-refractivity contribution >= 4 is 11.0 Å². The van der Waals surface area contributed by atoms with E-state index in [9.17, 15) is 0 Å². The summed E-state index contributed by atoms with van der Waals surface area (Å²) in [6.45, 7) is 0.403. The lowest BCUT2D eigenvalue weighted by molar-refractivity contribution is 0.500. The minimum Gasteiger partial charge on any atom is -0.459 e. The van der Waals surface area contributed by atoms with Gasteiger partial charge in [-0.2, -0.15) is 0 Å². The van der Waals surface area contributed by atoms with Gasteiger partial charge in [0, 0.05) is 11.9 Å². The summed E-state index contributed by atoms with van der Waals surface area (Å²) < 4.78 is 5.52. The molecule has 0 aliphatic rings. The Morgan fingerprint density at radius 3 is 2.77 bits per heavy atom. The Morgan fingerprint density at radius 1 is 1.31 bits per heavy atom. The maximum absolute atomic E-state index is 5.74. The number of para-hydroxylation sites is 1. The summed E-state index contributed by atoms with van der Waals surface area (Å²) in [5.74, 6) is 0.753. The minimum atomic E-state index is -0.201. The lowest BCUT2D eigenvalue weighted by atomic mass is 10.2. The van der Waals surface area contributed by atoms with E-state index in [4.69, 9.17) is 15.9 Å². The molecule has 0 fully saturated rings. The standard InChI is InChI=1S/C10H12N2O/c11-6-8(12)10-5-7-3-1-2-4-9(7)13-10/h1-5,8H,6,11-12H2/t8-/m0/s1. The Hall–Kier alpha value is -1.32. The molecule has 1 aromatic carbocycles. The average Bonchev–Trinajstić information content (AvgIpc) is 2.59. The van der Waals surface area contributed by atoms with Gasteiger partial charge in [-0.25, -0.2) is 0 Å². The first kappa shape index (κ1) is 8.29. The third kappa shape index (κ3) is 1.43. The van der Waals surface area contributed by atoms with E-state index in [2.05, 4.69) is 0 Å². The molecule has 0 saturated carbocycles. The molecule has 0 radical (unpaired) electrons. The average molecular weight is 176 g/mol. The number of hydrogen-bond donors (Lipinski definition) is 2. The first-order chi connectivity index (χ1) is 6.31. The van der Waals surface area contributed by atoms with E-state index in [-0.39, 0.29) is 6.04 Å². The zero-order valence-electron chi connectivity index (χ0n) is 7.23. The highest BCUT2D eigenvalue weighted by atomic mass is 16.3. The second-order valence-electron chi connectivity index (χ2n) is 3.03. The fourth-order valence-corrected chi connectivity index (χ4v) is 1.30. The topological polar surface area (TPSA) is 65.2 Å². The minimum absolute atomic E-state index is 0.201. The molecule has 2 rings (SSSR count). The zero-order chi connectivity index (χ0) is 9.26. The molecule has 1 atom stereocenters. The fraction of sp³-hybridized carbons (Fsp3) is 0.200. The summed E-state index contributed by atoms with van der Waals surface area (Å²) in [5, 5.41) is 1.07.